The molecule has 2 aromatic rings. The zero-order valence-corrected chi connectivity index (χ0v) is 16.6. The summed E-state index contributed by atoms with van der Waals surface area (Å²) in [4.78, 5) is 24.1. The second-order valence-corrected chi connectivity index (χ2v) is 5.86. The SMILES string of the molecule is COc1ccc(NC(=O)C(=O)NCC(O)c2ccc(OC)c(OC)c2)cc1OC. The number of anilines is 1. The molecule has 2 aromatic carbocycles. The Hall–Kier alpha value is -3.46. The van der Waals surface area contributed by atoms with Crippen molar-refractivity contribution in [1.82, 2.24) is 5.32 Å². The molecule has 2 rings (SSSR count). The molecule has 156 valence electrons. The van der Waals surface area contributed by atoms with Gasteiger partial charge in [-0.25, -0.2) is 0 Å². The lowest BCUT2D eigenvalue weighted by Crippen LogP contribution is -2.37. The van der Waals surface area contributed by atoms with Crippen LogP contribution in [-0.4, -0.2) is 51.9 Å². The number of hydrogen-bond donors (Lipinski definition) is 3. The lowest BCUT2D eigenvalue weighted by molar-refractivity contribution is -0.136. The van der Waals surface area contributed by atoms with Gasteiger partial charge in [-0.3, -0.25) is 9.59 Å². The van der Waals surface area contributed by atoms with Gasteiger partial charge in [0.25, 0.3) is 0 Å². The maximum Gasteiger partial charge on any atom is 0.313 e. The third-order valence-electron chi connectivity index (χ3n) is 4.10. The fraction of sp³-hybridized carbons (Fsp3) is 0.300. The first-order valence-corrected chi connectivity index (χ1v) is 8.64. The Kier molecular flexibility index (Phi) is 7.67. The summed E-state index contributed by atoms with van der Waals surface area (Å²) in [7, 11) is 5.94. The topological polar surface area (TPSA) is 115 Å². The molecular weight excluding hydrogens is 380 g/mol. The number of carbonyl (C=O) groups is 2. The molecule has 0 heterocycles. The monoisotopic (exact) mass is 404 g/mol. The molecule has 0 saturated carbocycles. The Balaban J connectivity index is 1.95. The summed E-state index contributed by atoms with van der Waals surface area (Å²) >= 11 is 0. The van der Waals surface area contributed by atoms with E-state index in [0.29, 0.717) is 34.2 Å². The maximum atomic E-state index is 12.1. The van der Waals surface area contributed by atoms with Crippen LogP contribution in [0.25, 0.3) is 0 Å². The highest BCUT2D eigenvalue weighted by Crippen LogP contribution is 2.30. The molecule has 2 amide bonds. The fourth-order valence-electron chi connectivity index (χ4n) is 2.55. The van der Waals surface area contributed by atoms with Crippen molar-refractivity contribution in [2.75, 3.05) is 40.3 Å². The van der Waals surface area contributed by atoms with E-state index in [-0.39, 0.29) is 6.54 Å². The first-order chi connectivity index (χ1) is 13.9. The third kappa shape index (κ3) is 5.52. The highest BCUT2D eigenvalue weighted by molar-refractivity contribution is 6.39. The number of aliphatic hydroxyl groups excluding tert-OH is 1. The molecule has 0 aliphatic carbocycles. The van der Waals surface area contributed by atoms with Crippen molar-refractivity contribution in [3.63, 3.8) is 0 Å². The molecule has 0 aliphatic heterocycles. The van der Waals surface area contributed by atoms with E-state index in [2.05, 4.69) is 10.6 Å². The van der Waals surface area contributed by atoms with Gasteiger partial charge in [0.15, 0.2) is 23.0 Å². The summed E-state index contributed by atoms with van der Waals surface area (Å²) < 4.78 is 20.6. The Morgan fingerprint density at radius 2 is 1.38 bits per heavy atom. The van der Waals surface area contributed by atoms with Crippen molar-refractivity contribution < 1.29 is 33.6 Å². The van der Waals surface area contributed by atoms with Gasteiger partial charge < -0.3 is 34.7 Å². The molecule has 3 N–H and O–H groups in total. The summed E-state index contributed by atoms with van der Waals surface area (Å²) in [6.07, 6.45) is -1.03. The van der Waals surface area contributed by atoms with Crippen LogP contribution in [0.5, 0.6) is 23.0 Å². The number of aliphatic hydroxyl groups is 1. The molecule has 9 nitrogen and oxygen atoms in total. The van der Waals surface area contributed by atoms with Crippen molar-refractivity contribution in [1.29, 1.82) is 0 Å². The van der Waals surface area contributed by atoms with Crippen LogP contribution in [0.15, 0.2) is 36.4 Å². The van der Waals surface area contributed by atoms with Crippen molar-refractivity contribution in [3.8, 4) is 23.0 Å². The molecule has 29 heavy (non-hydrogen) atoms. The first-order valence-electron chi connectivity index (χ1n) is 8.64. The lowest BCUT2D eigenvalue weighted by Gasteiger charge is -2.15. The van der Waals surface area contributed by atoms with Crippen LogP contribution in [0, 0.1) is 0 Å². The lowest BCUT2D eigenvalue weighted by atomic mass is 10.1. The molecule has 0 aromatic heterocycles. The summed E-state index contributed by atoms with van der Waals surface area (Å²) in [5.74, 6) is 0.0991. The average Bonchev–Trinajstić information content (AvgIpc) is 2.76. The molecule has 0 saturated heterocycles. The Morgan fingerprint density at radius 1 is 0.828 bits per heavy atom. The van der Waals surface area contributed by atoms with Crippen LogP contribution < -0.4 is 29.6 Å². The van der Waals surface area contributed by atoms with Crippen molar-refractivity contribution >= 4 is 17.5 Å². The molecule has 0 bridgehead atoms. The molecule has 1 atom stereocenters. The summed E-state index contributed by atoms with van der Waals surface area (Å²) in [5.41, 5.74) is 0.867. The van der Waals surface area contributed by atoms with Crippen LogP contribution in [0.4, 0.5) is 5.69 Å². The normalized spacial score (nSPS) is 11.2. The van der Waals surface area contributed by atoms with Crippen molar-refractivity contribution in [2.24, 2.45) is 0 Å². The second kappa shape index (κ2) is 10.2. The maximum absolute atomic E-state index is 12.1. The third-order valence-corrected chi connectivity index (χ3v) is 4.10. The summed E-state index contributed by atoms with van der Waals surface area (Å²) in [6.45, 7) is -0.159. The van der Waals surface area contributed by atoms with E-state index < -0.39 is 17.9 Å². The average molecular weight is 404 g/mol. The number of carbonyl (C=O) groups excluding carboxylic acids is 2. The van der Waals surface area contributed by atoms with E-state index in [1.807, 2.05) is 0 Å². The van der Waals surface area contributed by atoms with Gasteiger partial charge in [0, 0.05) is 18.3 Å². The highest BCUT2D eigenvalue weighted by atomic mass is 16.5. The first kappa shape index (κ1) is 21.8. The number of ether oxygens (including phenoxy) is 4. The Labute approximate surface area is 168 Å². The van der Waals surface area contributed by atoms with E-state index in [1.54, 1.807) is 30.3 Å². The van der Waals surface area contributed by atoms with Gasteiger partial charge >= 0.3 is 11.8 Å². The summed E-state index contributed by atoms with van der Waals surface area (Å²) in [5, 5.41) is 15.1. The predicted molar refractivity (Wildman–Crippen MR) is 106 cm³/mol. The number of amides is 2. The second-order valence-electron chi connectivity index (χ2n) is 5.86. The minimum Gasteiger partial charge on any atom is -0.493 e. The minimum absolute atomic E-state index is 0.159. The highest BCUT2D eigenvalue weighted by Gasteiger charge is 2.18. The van der Waals surface area contributed by atoms with E-state index >= 15 is 0 Å². The smallest absolute Gasteiger partial charge is 0.313 e. The molecular formula is C20H24N2O7. The van der Waals surface area contributed by atoms with Gasteiger partial charge in [-0.05, 0) is 29.8 Å². The quantitative estimate of drug-likeness (QED) is 0.571. The summed E-state index contributed by atoms with van der Waals surface area (Å²) in [6, 6.07) is 9.59. The number of methoxy groups -OCH3 is 4. The standard InChI is InChI=1S/C20H24N2O7/c1-26-15-7-5-12(9-17(15)28-3)14(23)11-21-19(24)20(25)22-13-6-8-16(27-2)18(10-13)29-4/h5-10,14,23H,11H2,1-4H3,(H,21,24)(H,22,25). The zero-order valence-electron chi connectivity index (χ0n) is 16.6. The molecule has 9 heteroatoms. The zero-order chi connectivity index (χ0) is 21.4. The van der Waals surface area contributed by atoms with Crippen LogP contribution >= 0.6 is 0 Å². The van der Waals surface area contributed by atoms with Crippen molar-refractivity contribution in [2.45, 2.75) is 6.10 Å². The minimum atomic E-state index is -1.03. The largest absolute Gasteiger partial charge is 0.493 e. The van der Waals surface area contributed by atoms with E-state index in [4.69, 9.17) is 18.9 Å². The van der Waals surface area contributed by atoms with Gasteiger partial charge in [-0.2, -0.15) is 0 Å². The molecule has 0 spiro atoms. The van der Waals surface area contributed by atoms with Gasteiger partial charge in [0.2, 0.25) is 0 Å². The van der Waals surface area contributed by atoms with E-state index in [1.165, 1.54) is 34.5 Å². The van der Waals surface area contributed by atoms with Crippen molar-refractivity contribution in [3.05, 3.63) is 42.0 Å². The van der Waals surface area contributed by atoms with Gasteiger partial charge in [0.05, 0.1) is 34.5 Å². The predicted octanol–water partition coefficient (Wildman–Crippen LogP) is 1.51. The van der Waals surface area contributed by atoms with Crippen LogP contribution in [-0.2, 0) is 9.59 Å². The molecule has 1 unspecified atom stereocenters. The molecule has 0 aliphatic rings. The van der Waals surface area contributed by atoms with E-state index in [0.717, 1.165) is 0 Å². The number of nitrogens with one attached hydrogen (secondary N) is 2. The number of benzene rings is 2. The number of hydrogen-bond acceptors (Lipinski definition) is 7. The molecule has 0 fully saturated rings. The Morgan fingerprint density at radius 3 is 1.97 bits per heavy atom. The van der Waals surface area contributed by atoms with Gasteiger partial charge in [0.1, 0.15) is 0 Å². The number of rotatable bonds is 8. The van der Waals surface area contributed by atoms with Crippen LogP contribution in [0.3, 0.4) is 0 Å². The van der Waals surface area contributed by atoms with Crippen LogP contribution in [0.1, 0.15) is 11.7 Å². The fourth-order valence-corrected chi connectivity index (χ4v) is 2.55. The van der Waals surface area contributed by atoms with Gasteiger partial charge in [-0.1, -0.05) is 6.07 Å². The molecule has 0 radical (unpaired) electrons. The van der Waals surface area contributed by atoms with Gasteiger partial charge in [-0.15, -0.1) is 0 Å². The van der Waals surface area contributed by atoms with Crippen LogP contribution in [0.2, 0.25) is 0 Å². The van der Waals surface area contributed by atoms with E-state index in [9.17, 15) is 14.7 Å². The Bertz CT molecular complexity index is 870.